The number of fused-ring (bicyclic) bond motifs is 2. The molecule has 2 N–H and O–H groups in total. The highest BCUT2D eigenvalue weighted by molar-refractivity contribution is 5.89. The monoisotopic (exact) mass is 546 g/mol. The number of unbranched alkanes of at least 4 members (excludes halogenated alkanes) is 1. The Bertz CT molecular complexity index is 1500. The van der Waals surface area contributed by atoms with E-state index in [1.54, 1.807) is 0 Å². The van der Waals surface area contributed by atoms with Crippen molar-refractivity contribution >= 4 is 22.7 Å². The van der Waals surface area contributed by atoms with Gasteiger partial charge in [-0.05, 0) is 71.3 Å². The van der Waals surface area contributed by atoms with Gasteiger partial charge in [-0.15, -0.1) is 0 Å². The van der Waals surface area contributed by atoms with Crippen LogP contribution in [0.1, 0.15) is 36.8 Å². The fourth-order valence-electron chi connectivity index (χ4n) is 6.35. The molecule has 0 aliphatic carbocycles. The van der Waals surface area contributed by atoms with Gasteiger partial charge in [0.1, 0.15) is 6.04 Å². The number of amides is 3. The number of benzene rings is 4. The zero-order chi connectivity index (χ0) is 28.2. The smallest absolute Gasteiger partial charge is 0.321 e. The van der Waals surface area contributed by atoms with Gasteiger partial charge in [-0.25, -0.2) is 4.79 Å². The van der Waals surface area contributed by atoms with Gasteiger partial charge in [-0.3, -0.25) is 4.79 Å². The first-order valence-electron chi connectivity index (χ1n) is 14.8. The molecule has 4 aromatic carbocycles. The summed E-state index contributed by atoms with van der Waals surface area (Å²) in [6.07, 6.45) is 3.10. The summed E-state index contributed by atoms with van der Waals surface area (Å²) in [7, 11) is 0. The molecule has 41 heavy (non-hydrogen) atoms. The standard InChI is InChI=1S/C35H38N4O2/c36-20-7-6-12-33-34(40)37(24-27-15-18-29-10-4-5-11-31(29)22-27)21-19-32-25-38(35(41)39(32)33)23-26-13-16-30(17-14-26)28-8-2-1-3-9-28/h1-5,8-11,13-18,22,32-33H,6-7,12,19-21,23-25,36H2/t32-,33+/m0/s1. The van der Waals surface area contributed by atoms with Crippen LogP contribution in [0, 0.1) is 0 Å². The third-order valence-corrected chi connectivity index (χ3v) is 8.53. The molecule has 2 fully saturated rings. The minimum Gasteiger partial charge on any atom is -0.337 e. The lowest BCUT2D eigenvalue weighted by Gasteiger charge is -2.31. The van der Waals surface area contributed by atoms with E-state index in [1.807, 2.05) is 45.0 Å². The molecule has 0 unspecified atom stereocenters. The van der Waals surface area contributed by atoms with Crippen molar-refractivity contribution in [1.29, 1.82) is 0 Å². The van der Waals surface area contributed by atoms with E-state index in [0.29, 0.717) is 39.1 Å². The number of urea groups is 1. The maximum absolute atomic E-state index is 14.0. The number of carbonyl (C=O) groups is 2. The van der Waals surface area contributed by atoms with Gasteiger partial charge >= 0.3 is 6.03 Å². The van der Waals surface area contributed by atoms with Gasteiger partial charge in [-0.1, -0.05) is 91.0 Å². The summed E-state index contributed by atoms with van der Waals surface area (Å²) in [6, 6.07) is 33.0. The van der Waals surface area contributed by atoms with Gasteiger partial charge in [0, 0.05) is 26.2 Å². The van der Waals surface area contributed by atoms with Gasteiger partial charge < -0.3 is 20.4 Å². The highest BCUT2D eigenvalue weighted by atomic mass is 16.2. The van der Waals surface area contributed by atoms with Crippen LogP contribution in [0.4, 0.5) is 4.79 Å². The molecule has 2 aliphatic heterocycles. The predicted molar refractivity (Wildman–Crippen MR) is 164 cm³/mol. The number of nitrogens with zero attached hydrogens (tertiary/aromatic N) is 3. The van der Waals surface area contributed by atoms with Gasteiger partial charge in [0.05, 0.1) is 6.04 Å². The first-order valence-corrected chi connectivity index (χ1v) is 14.8. The summed E-state index contributed by atoms with van der Waals surface area (Å²) in [4.78, 5) is 33.6. The quantitative estimate of drug-likeness (QED) is 0.260. The zero-order valence-electron chi connectivity index (χ0n) is 23.5. The van der Waals surface area contributed by atoms with E-state index in [2.05, 4.69) is 66.7 Å². The largest absolute Gasteiger partial charge is 0.337 e. The van der Waals surface area contributed by atoms with E-state index in [4.69, 9.17) is 5.73 Å². The molecule has 0 radical (unpaired) electrons. The molecule has 2 heterocycles. The van der Waals surface area contributed by atoms with Crippen LogP contribution in [0.5, 0.6) is 0 Å². The van der Waals surface area contributed by atoms with Crippen molar-refractivity contribution in [2.45, 2.75) is 50.9 Å². The summed E-state index contributed by atoms with van der Waals surface area (Å²) in [5, 5.41) is 2.37. The molecular formula is C35H38N4O2. The van der Waals surface area contributed by atoms with E-state index in [9.17, 15) is 9.59 Å². The molecule has 2 saturated heterocycles. The normalized spacial score (nSPS) is 19.1. The Hall–Kier alpha value is -4.16. The van der Waals surface area contributed by atoms with Crippen LogP contribution in [-0.2, 0) is 17.9 Å². The molecule has 0 spiro atoms. The Balaban J connectivity index is 1.18. The maximum Gasteiger partial charge on any atom is 0.321 e. The third kappa shape index (κ3) is 5.84. The van der Waals surface area contributed by atoms with E-state index in [-0.39, 0.29) is 18.0 Å². The Morgan fingerprint density at radius 3 is 2.17 bits per heavy atom. The van der Waals surface area contributed by atoms with Crippen molar-refractivity contribution < 1.29 is 9.59 Å². The first kappa shape index (κ1) is 27.0. The highest BCUT2D eigenvalue weighted by Crippen LogP contribution is 2.31. The molecule has 3 amide bonds. The third-order valence-electron chi connectivity index (χ3n) is 8.53. The molecule has 6 nitrogen and oxygen atoms in total. The molecule has 210 valence electrons. The number of nitrogens with two attached hydrogens (primary N) is 1. The molecule has 6 heteroatoms. The van der Waals surface area contributed by atoms with Crippen molar-refractivity contribution in [2.24, 2.45) is 5.73 Å². The lowest BCUT2D eigenvalue weighted by molar-refractivity contribution is -0.135. The molecule has 6 rings (SSSR count). The van der Waals surface area contributed by atoms with Crippen LogP contribution in [0.15, 0.2) is 97.1 Å². The van der Waals surface area contributed by atoms with Crippen molar-refractivity contribution in [3.8, 4) is 11.1 Å². The minimum absolute atomic E-state index is 0.0270. The van der Waals surface area contributed by atoms with E-state index in [0.717, 1.165) is 36.0 Å². The maximum atomic E-state index is 14.0. The highest BCUT2D eigenvalue weighted by Gasteiger charge is 2.46. The Labute approximate surface area is 242 Å². The molecule has 4 aromatic rings. The number of hydrogen-bond acceptors (Lipinski definition) is 3. The number of carbonyl (C=O) groups excluding carboxylic acids is 2. The van der Waals surface area contributed by atoms with Crippen LogP contribution >= 0.6 is 0 Å². The fraction of sp³-hybridized carbons (Fsp3) is 0.314. The minimum atomic E-state index is -0.451. The second kappa shape index (κ2) is 12.1. The molecule has 0 saturated carbocycles. The van der Waals surface area contributed by atoms with Crippen molar-refractivity contribution in [3.05, 3.63) is 108 Å². The molecule has 0 aromatic heterocycles. The Morgan fingerprint density at radius 1 is 0.707 bits per heavy atom. The van der Waals surface area contributed by atoms with Gasteiger partial charge in [-0.2, -0.15) is 0 Å². The van der Waals surface area contributed by atoms with Crippen LogP contribution in [0.25, 0.3) is 21.9 Å². The molecular weight excluding hydrogens is 508 g/mol. The topological polar surface area (TPSA) is 69.9 Å². The van der Waals surface area contributed by atoms with Gasteiger partial charge in [0.2, 0.25) is 5.91 Å². The van der Waals surface area contributed by atoms with E-state index in [1.165, 1.54) is 16.3 Å². The van der Waals surface area contributed by atoms with E-state index >= 15 is 0 Å². The second-order valence-corrected chi connectivity index (χ2v) is 11.3. The SMILES string of the molecule is NCCCC[C@@H]1C(=O)N(Cc2ccc3ccccc3c2)CC[C@H]2CN(Cc3ccc(-c4ccccc4)cc3)C(=O)N21. The average Bonchev–Trinajstić information content (AvgIpc) is 3.25. The average molecular weight is 547 g/mol. The summed E-state index contributed by atoms with van der Waals surface area (Å²) in [5.74, 6) is 0.0556. The zero-order valence-corrected chi connectivity index (χ0v) is 23.5. The molecule has 2 atom stereocenters. The van der Waals surface area contributed by atoms with Crippen molar-refractivity contribution in [2.75, 3.05) is 19.6 Å². The van der Waals surface area contributed by atoms with Crippen LogP contribution in [0.2, 0.25) is 0 Å². The number of rotatable bonds is 9. The lowest BCUT2D eigenvalue weighted by Crippen LogP contribution is -2.49. The Kier molecular flexibility index (Phi) is 8.01. The summed E-state index contributed by atoms with van der Waals surface area (Å²) in [5.41, 5.74) is 10.3. The summed E-state index contributed by atoms with van der Waals surface area (Å²) in [6.45, 7) is 2.98. The predicted octanol–water partition coefficient (Wildman–Crippen LogP) is 6.04. The summed E-state index contributed by atoms with van der Waals surface area (Å²) >= 11 is 0. The van der Waals surface area contributed by atoms with E-state index < -0.39 is 6.04 Å². The van der Waals surface area contributed by atoms with Crippen molar-refractivity contribution in [3.63, 3.8) is 0 Å². The molecule has 2 aliphatic rings. The van der Waals surface area contributed by atoms with Crippen LogP contribution in [-0.4, -0.2) is 58.4 Å². The van der Waals surface area contributed by atoms with Crippen LogP contribution in [0.3, 0.4) is 0 Å². The molecule has 0 bridgehead atoms. The fourth-order valence-corrected chi connectivity index (χ4v) is 6.35. The lowest BCUT2D eigenvalue weighted by atomic mass is 10.0. The summed E-state index contributed by atoms with van der Waals surface area (Å²) < 4.78 is 0. The first-order chi connectivity index (χ1) is 20.1. The number of hydrogen-bond donors (Lipinski definition) is 1. The van der Waals surface area contributed by atoms with Crippen molar-refractivity contribution in [1.82, 2.24) is 14.7 Å². The Morgan fingerprint density at radius 2 is 1.39 bits per heavy atom. The van der Waals surface area contributed by atoms with Crippen LogP contribution < -0.4 is 5.73 Å². The van der Waals surface area contributed by atoms with Gasteiger partial charge in [0.15, 0.2) is 0 Å². The second-order valence-electron chi connectivity index (χ2n) is 11.3. The van der Waals surface area contributed by atoms with Gasteiger partial charge in [0.25, 0.3) is 0 Å².